The highest BCUT2D eigenvalue weighted by Gasteiger charge is 2.27. The van der Waals surface area contributed by atoms with Crippen LogP contribution in [0.3, 0.4) is 0 Å². The molecule has 0 radical (unpaired) electrons. The molecule has 2 rings (SSSR count). The van der Waals surface area contributed by atoms with Gasteiger partial charge in [-0.25, -0.2) is 0 Å². The topological polar surface area (TPSA) is 72.9 Å². The number of carbonyl (C=O) groups is 1. The highest BCUT2D eigenvalue weighted by Crippen LogP contribution is 2.24. The molecule has 1 saturated carbocycles. The van der Waals surface area contributed by atoms with Gasteiger partial charge in [0.25, 0.3) is 5.91 Å². The van der Waals surface area contributed by atoms with Crippen molar-refractivity contribution in [2.75, 3.05) is 6.54 Å². The van der Waals surface area contributed by atoms with Gasteiger partial charge in [-0.2, -0.15) is 5.10 Å². The number of nitrogens with two attached hydrogens (primary N) is 1. The standard InChI is InChI=1S/C14H24N4O.ClH/c1-9-13(10(2)18(3)17-9)14(19)16-12-7-5-4-6-11(12)8-15;/h11-12H,4-8,15H2,1-3H3,(H,16,19);1H. The summed E-state index contributed by atoms with van der Waals surface area (Å²) >= 11 is 0. The zero-order chi connectivity index (χ0) is 14.0. The maximum atomic E-state index is 12.4. The Bertz CT molecular complexity index is 472. The fourth-order valence-electron chi connectivity index (χ4n) is 3.02. The summed E-state index contributed by atoms with van der Waals surface area (Å²) in [5.41, 5.74) is 8.22. The zero-order valence-corrected chi connectivity index (χ0v) is 13.3. The van der Waals surface area contributed by atoms with Crippen molar-refractivity contribution in [3.05, 3.63) is 17.0 Å². The van der Waals surface area contributed by atoms with E-state index in [4.69, 9.17) is 5.73 Å². The van der Waals surface area contributed by atoms with Gasteiger partial charge in [0.05, 0.1) is 11.3 Å². The van der Waals surface area contributed by atoms with Crippen LogP contribution in [0, 0.1) is 19.8 Å². The number of nitrogens with one attached hydrogen (secondary N) is 1. The van der Waals surface area contributed by atoms with Crippen LogP contribution in [-0.2, 0) is 7.05 Å². The molecule has 20 heavy (non-hydrogen) atoms. The van der Waals surface area contributed by atoms with Crippen LogP contribution < -0.4 is 11.1 Å². The van der Waals surface area contributed by atoms with E-state index >= 15 is 0 Å². The number of hydrogen-bond acceptors (Lipinski definition) is 3. The van der Waals surface area contributed by atoms with Gasteiger partial charge in [0.2, 0.25) is 0 Å². The maximum absolute atomic E-state index is 12.4. The average molecular weight is 301 g/mol. The van der Waals surface area contributed by atoms with E-state index in [0.717, 1.165) is 24.2 Å². The largest absolute Gasteiger partial charge is 0.349 e. The monoisotopic (exact) mass is 300 g/mol. The number of aryl methyl sites for hydroxylation is 2. The van der Waals surface area contributed by atoms with Gasteiger partial charge < -0.3 is 11.1 Å². The second kappa shape index (κ2) is 7.09. The summed E-state index contributed by atoms with van der Waals surface area (Å²) in [5, 5.41) is 7.45. The molecule has 2 atom stereocenters. The number of hydrogen-bond donors (Lipinski definition) is 2. The molecule has 5 nitrogen and oxygen atoms in total. The summed E-state index contributed by atoms with van der Waals surface area (Å²) in [6.45, 7) is 4.45. The second-order valence-corrected chi connectivity index (χ2v) is 5.53. The highest BCUT2D eigenvalue weighted by molar-refractivity contribution is 5.96. The Balaban J connectivity index is 0.00000200. The summed E-state index contributed by atoms with van der Waals surface area (Å²) in [6, 6.07) is 0.213. The predicted molar refractivity (Wildman–Crippen MR) is 82.2 cm³/mol. The first-order valence-corrected chi connectivity index (χ1v) is 7.05. The summed E-state index contributed by atoms with van der Waals surface area (Å²) in [6.07, 6.45) is 4.55. The molecule has 114 valence electrons. The SMILES string of the molecule is Cc1nn(C)c(C)c1C(=O)NC1CCCCC1CN.Cl. The van der Waals surface area contributed by atoms with Crippen molar-refractivity contribution in [3.8, 4) is 0 Å². The third-order valence-corrected chi connectivity index (χ3v) is 4.26. The Labute approximate surface area is 126 Å². The predicted octanol–water partition coefficient (Wildman–Crippen LogP) is 1.71. The molecule has 6 heteroatoms. The van der Waals surface area contributed by atoms with Gasteiger partial charge in [-0.05, 0) is 39.2 Å². The number of aromatic nitrogens is 2. The Hall–Kier alpha value is -1.07. The van der Waals surface area contributed by atoms with Crippen LogP contribution in [0.4, 0.5) is 0 Å². The molecule has 0 aliphatic heterocycles. The highest BCUT2D eigenvalue weighted by atomic mass is 35.5. The smallest absolute Gasteiger partial charge is 0.255 e. The molecule has 1 amide bonds. The molecule has 1 aromatic heterocycles. The van der Waals surface area contributed by atoms with Gasteiger partial charge in [0, 0.05) is 18.8 Å². The van der Waals surface area contributed by atoms with Crippen LogP contribution in [0.2, 0.25) is 0 Å². The third-order valence-electron chi connectivity index (χ3n) is 4.26. The molecular formula is C14H25ClN4O. The molecule has 0 aromatic carbocycles. The first-order chi connectivity index (χ1) is 9.04. The van der Waals surface area contributed by atoms with Gasteiger partial charge in [0.1, 0.15) is 0 Å². The number of nitrogens with zero attached hydrogens (tertiary/aromatic N) is 2. The normalized spacial score (nSPS) is 22.2. The molecule has 0 bridgehead atoms. The number of halogens is 1. The van der Waals surface area contributed by atoms with Crippen LogP contribution >= 0.6 is 12.4 Å². The third kappa shape index (κ3) is 3.33. The molecule has 3 N–H and O–H groups in total. The number of rotatable bonds is 3. The lowest BCUT2D eigenvalue weighted by atomic mass is 9.84. The molecule has 2 unspecified atom stereocenters. The van der Waals surface area contributed by atoms with Gasteiger partial charge >= 0.3 is 0 Å². The van der Waals surface area contributed by atoms with E-state index in [1.54, 1.807) is 4.68 Å². The Kier molecular flexibility index (Phi) is 6.02. The minimum absolute atomic E-state index is 0. The molecular weight excluding hydrogens is 276 g/mol. The summed E-state index contributed by atoms with van der Waals surface area (Å²) in [4.78, 5) is 12.4. The van der Waals surface area contributed by atoms with E-state index in [0.29, 0.717) is 18.0 Å². The summed E-state index contributed by atoms with van der Waals surface area (Å²) < 4.78 is 1.76. The number of carbonyl (C=O) groups excluding carboxylic acids is 1. The molecule has 1 aromatic rings. The second-order valence-electron chi connectivity index (χ2n) is 5.53. The molecule has 1 heterocycles. The fourth-order valence-corrected chi connectivity index (χ4v) is 3.02. The molecule has 1 aliphatic carbocycles. The van der Waals surface area contributed by atoms with E-state index in [-0.39, 0.29) is 24.4 Å². The van der Waals surface area contributed by atoms with E-state index in [1.807, 2.05) is 20.9 Å². The van der Waals surface area contributed by atoms with Gasteiger partial charge in [0.15, 0.2) is 0 Å². The van der Waals surface area contributed by atoms with Crippen molar-refractivity contribution in [2.24, 2.45) is 18.7 Å². The Morgan fingerprint density at radius 1 is 1.40 bits per heavy atom. The van der Waals surface area contributed by atoms with Crippen LogP contribution in [-0.4, -0.2) is 28.3 Å². The average Bonchev–Trinajstić information content (AvgIpc) is 2.64. The first-order valence-electron chi connectivity index (χ1n) is 7.05. The first kappa shape index (κ1) is 17.0. The lowest BCUT2D eigenvalue weighted by molar-refractivity contribution is 0.0906. The Morgan fingerprint density at radius 2 is 2.05 bits per heavy atom. The molecule has 1 aliphatic rings. The van der Waals surface area contributed by atoms with Crippen LogP contribution in [0.5, 0.6) is 0 Å². The molecule has 0 saturated heterocycles. The minimum atomic E-state index is -0.00606. The van der Waals surface area contributed by atoms with Gasteiger partial charge in [-0.15, -0.1) is 12.4 Å². The molecule has 1 fully saturated rings. The molecule has 0 spiro atoms. The fraction of sp³-hybridized carbons (Fsp3) is 0.714. The van der Waals surface area contributed by atoms with E-state index in [2.05, 4.69) is 10.4 Å². The van der Waals surface area contributed by atoms with E-state index in [9.17, 15) is 4.79 Å². The van der Waals surface area contributed by atoms with E-state index in [1.165, 1.54) is 12.8 Å². The van der Waals surface area contributed by atoms with Crippen LogP contribution in [0.25, 0.3) is 0 Å². The van der Waals surface area contributed by atoms with Gasteiger partial charge in [-0.1, -0.05) is 12.8 Å². The summed E-state index contributed by atoms with van der Waals surface area (Å²) in [7, 11) is 1.86. The number of amides is 1. The van der Waals surface area contributed by atoms with Gasteiger partial charge in [-0.3, -0.25) is 9.48 Å². The van der Waals surface area contributed by atoms with Crippen molar-refractivity contribution in [2.45, 2.75) is 45.6 Å². The summed E-state index contributed by atoms with van der Waals surface area (Å²) in [5.74, 6) is 0.406. The lowest BCUT2D eigenvalue weighted by Crippen LogP contribution is -2.45. The quantitative estimate of drug-likeness (QED) is 0.892. The lowest BCUT2D eigenvalue weighted by Gasteiger charge is -2.31. The zero-order valence-electron chi connectivity index (χ0n) is 12.5. The van der Waals surface area contributed by atoms with Crippen LogP contribution in [0.15, 0.2) is 0 Å². The maximum Gasteiger partial charge on any atom is 0.255 e. The van der Waals surface area contributed by atoms with Crippen molar-refractivity contribution in [3.63, 3.8) is 0 Å². The van der Waals surface area contributed by atoms with Crippen molar-refractivity contribution in [1.29, 1.82) is 0 Å². The van der Waals surface area contributed by atoms with Crippen molar-refractivity contribution >= 4 is 18.3 Å². The minimum Gasteiger partial charge on any atom is -0.349 e. The van der Waals surface area contributed by atoms with Crippen molar-refractivity contribution in [1.82, 2.24) is 15.1 Å². The van der Waals surface area contributed by atoms with Crippen molar-refractivity contribution < 1.29 is 4.79 Å². The Morgan fingerprint density at radius 3 is 2.60 bits per heavy atom. The van der Waals surface area contributed by atoms with Crippen LogP contribution in [0.1, 0.15) is 47.4 Å². The van der Waals surface area contributed by atoms with E-state index < -0.39 is 0 Å².